The first kappa shape index (κ1) is 23.6. The van der Waals surface area contributed by atoms with Gasteiger partial charge in [-0.1, -0.05) is 6.07 Å². The molecule has 0 spiro atoms. The Morgan fingerprint density at radius 3 is 2.44 bits per heavy atom. The van der Waals surface area contributed by atoms with Gasteiger partial charge >= 0.3 is 0 Å². The summed E-state index contributed by atoms with van der Waals surface area (Å²) in [6, 6.07) is 7.20. The zero-order chi connectivity index (χ0) is 25.6. The van der Waals surface area contributed by atoms with E-state index in [0.29, 0.717) is 18.9 Å². The maximum atomic E-state index is 14.6. The van der Waals surface area contributed by atoms with E-state index in [4.69, 9.17) is 9.47 Å². The fraction of sp³-hybridized carbons (Fsp3) is 0.292. The number of carbonyl (C=O) groups is 2. The highest BCUT2D eigenvalue weighted by Crippen LogP contribution is 2.42. The van der Waals surface area contributed by atoms with Crippen LogP contribution in [0.5, 0.6) is 11.5 Å². The van der Waals surface area contributed by atoms with Gasteiger partial charge in [-0.15, -0.1) is 0 Å². The van der Waals surface area contributed by atoms with Gasteiger partial charge in [-0.25, -0.2) is 17.6 Å². The first-order valence-electron chi connectivity index (χ1n) is 11.1. The van der Waals surface area contributed by atoms with Gasteiger partial charge in [0.1, 0.15) is 28.7 Å². The van der Waals surface area contributed by atoms with Crippen molar-refractivity contribution >= 4 is 17.6 Å². The van der Waals surface area contributed by atoms with Crippen LogP contribution in [-0.2, 0) is 7.05 Å². The summed E-state index contributed by atoms with van der Waals surface area (Å²) in [6.07, 6.45) is -3.82. The molecular weight excluding hydrogens is 484 g/mol. The lowest BCUT2D eigenvalue weighted by Crippen LogP contribution is -2.42. The van der Waals surface area contributed by atoms with Gasteiger partial charge in [0, 0.05) is 55.7 Å². The highest BCUT2D eigenvalue weighted by molar-refractivity contribution is 6.04. The van der Waals surface area contributed by atoms with E-state index < -0.39 is 47.6 Å². The SMILES string of the molecule is Cn1ccc(NC(=O)c2ccc3c(c2)OC(C(F)F)C3Oc2cc(F)c(C(=O)N3CCC3)c(F)c2)n1. The molecule has 12 heteroatoms. The number of nitrogens with one attached hydrogen (secondary N) is 1. The number of amides is 2. The van der Waals surface area contributed by atoms with Gasteiger partial charge < -0.3 is 19.7 Å². The third-order valence-corrected chi connectivity index (χ3v) is 5.98. The maximum Gasteiger partial charge on any atom is 0.278 e. The second kappa shape index (κ2) is 9.17. The van der Waals surface area contributed by atoms with Gasteiger partial charge in [-0.05, 0) is 18.6 Å². The zero-order valence-corrected chi connectivity index (χ0v) is 18.9. The molecule has 1 saturated heterocycles. The summed E-state index contributed by atoms with van der Waals surface area (Å²) >= 11 is 0. The summed E-state index contributed by atoms with van der Waals surface area (Å²) in [5.41, 5.74) is -0.422. The largest absolute Gasteiger partial charge is 0.481 e. The van der Waals surface area contributed by atoms with E-state index >= 15 is 0 Å². The average molecular weight is 504 g/mol. The van der Waals surface area contributed by atoms with Crippen LogP contribution < -0.4 is 14.8 Å². The van der Waals surface area contributed by atoms with Gasteiger partial charge in [0.25, 0.3) is 18.2 Å². The van der Waals surface area contributed by atoms with Gasteiger partial charge in [-0.3, -0.25) is 14.3 Å². The number of halogens is 4. The van der Waals surface area contributed by atoms with Gasteiger partial charge in [-0.2, -0.15) is 5.10 Å². The number of carbonyl (C=O) groups excluding carboxylic acids is 2. The molecule has 1 aromatic heterocycles. The van der Waals surface area contributed by atoms with Gasteiger partial charge in [0.15, 0.2) is 18.0 Å². The van der Waals surface area contributed by atoms with Crippen LogP contribution in [0.1, 0.15) is 38.8 Å². The number of ether oxygens (including phenoxy) is 2. The van der Waals surface area contributed by atoms with Crippen LogP contribution in [0.2, 0.25) is 0 Å². The van der Waals surface area contributed by atoms with E-state index in [0.717, 1.165) is 18.6 Å². The van der Waals surface area contributed by atoms with E-state index in [1.165, 1.54) is 27.8 Å². The molecule has 2 atom stereocenters. The predicted molar refractivity (Wildman–Crippen MR) is 118 cm³/mol. The second-order valence-electron chi connectivity index (χ2n) is 8.44. The fourth-order valence-corrected chi connectivity index (χ4v) is 4.03. The molecule has 188 valence electrons. The Bertz CT molecular complexity index is 1320. The number of likely N-dealkylation sites (tertiary alicyclic amines) is 1. The van der Waals surface area contributed by atoms with Crippen molar-refractivity contribution in [3.63, 3.8) is 0 Å². The number of rotatable bonds is 6. The molecule has 1 fully saturated rings. The molecule has 0 aliphatic carbocycles. The van der Waals surface area contributed by atoms with Crippen LogP contribution in [0.25, 0.3) is 0 Å². The lowest BCUT2D eigenvalue weighted by atomic mass is 10.0. The number of aryl methyl sites for hydroxylation is 1. The van der Waals surface area contributed by atoms with E-state index in [2.05, 4.69) is 10.4 Å². The number of alkyl halides is 2. The molecule has 2 unspecified atom stereocenters. The molecule has 0 bridgehead atoms. The van der Waals surface area contributed by atoms with E-state index in [1.54, 1.807) is 19.3 Å². The Labute approximate surface area is 202 Å². The second-order valence-corrected chi connectivity index (χ2v) is 8.44. The number of hydrogen-bond acceptors (Lipinski definition) is 5. The Hall–Kier alpha value is -4.09. The van der Waals surface area contributed by atoms with Crippen molar-refractivity contribution in [2.75, 3.05) is 18.4 Å². The van der Waals surface area contributed by atoms with Crippen molar-refractivity contribution in [3.8, 4) is 11.5 Å². The number of aromatic nitrogens is 2. The zero-order valence-electron chi connectivity index (χ0n) is 18.9. The quantitative estimate of drug-likeness (QED) is 0.514. The molecule has 0 saturated carbocycles. The molecule has 1 N–H and O–H groups in total. The normalized spacial score (nSPS) is 18.4. The third-order valence-electron chi connectivity index (χ3n) is 5.98. The highest BCUT2D eigenvalue weighted by atomic mass is 19.3. The van der Waals surface area contributed by atoms with Crippen molar-refractivity contribution < 1.29 is 36.6 Å². The van der Waals surface area contributed by atoms with Crippen molar-refractivity contribution in [2.24, 2.45) is 7.05 Å². The topological polar surface area (TPSA) is 85.7 Å². The summed E-state index contributed by atoms with van der Waals surface area (Å²) < 4.78 is 69.2. The molecule has 0 radical (unpaired) electrons. The minimum atomic E-state index is -3.00. The van der Waals surface area contributed by atoms with Crippen LogP contribution in [0.15, 0.2) is 42.6 Å². The molecule has 2 amide bonds. The molecule has 5 rings (SSSR count). The molecule has 2 aliphatic heterocycles. The van der Waals surface area contributed by atoms with E-state index in [-0.39, 0.29) is 22.6 Å². The summed E-state index contributed by atoms with van der Waals surface area (Å²) in [6.45, 7) is 0.814. The monoisotopic (exact) mass is 504 g/mol. The lowest BCUT2D eigenvalue weighted by molar-refractivity contribution is -0.0333. The smallest absolute Gasteiger partial charge is 0.278 e. The van der Waals surface area contributed by atoms with Gasteiger partial charge in [0.2, 0.25) is 0 Å². The average Bonchev–Trinajstić information content (AvgIpc) is 3.34. The summed E-state index contributed by atoms with van der Waals surface area (Å²) in [4.78, 5) is 26.1. The minimum absolute atomic E-state index is 0.0236. The third kappa shape index (κ3) is 4.34. The molecule has 8 nitrogen and oxygen atoms in total. The molecule has 36 heavy (non-hydrogen) atoms. The van der Waals surface area contributed by atoms with Gasteiger partial charge in [0.05, 0.1) is 0 Å². The predicted octanol–water partition coefficient (Wildman–Crippen LogP) is 3.94. The Balaban J connectivity index is 1.39. The maximum absolute atomic E-state index is 14.6. The Morgan fingerprint density at radius 2 is 1.86 bits per heavy atom. The van der Waals surface area contributed by atoms with E-state index in [1.807, 2.05) is 0 Å². The van der Waals surface area contributed by atoms with Crippen molar-refractivity contribution in [2.45, 2.75) is 25.1 Å². The molecule has 3 aromatic rings. The number of benzene rings is 2. The van der Waals surface area contributed by atoms with Crippen molar-refractivity contribution in [1.82, 2.24) is 14.7 Å². The summed E-state index contributed by atoms with van der Waals surface area (Å²) in [7, 11) is 1.68. The number of hydrogen-bond donors (Lipinski definition) is 1. The minimum Gasteiger partial charge on any atom is -0.481 e. The van der Waals surface area contributed by atoms with Crippen LogP contribution in [0.4, 0.5) is 23.4 Å². The van der Waals surface area contributed by atoms with E-state index in [9.17, 15) is 27.2 Å². The molecule has 2 aliphatic rings. The van der Waals surface area contributed by atoms with Crippen LogP contribution >= 0.6 is 0 Å². The molecule has 3 heterocycles. The highest BCUT2D eigenvalue weighted by Gasteiger charge is 2.43. The first-order valence-corrected chi connectivity index (χ1v) is 11.1. The number of nitrogens with zero attached hydrogens (tertiary/aromatic N) is 3. The van der Waals surface area contributed by atoms with Crippen LogP contribution in [0, 0.1) is 11.6 Å². The van der Waals surface area contributed by atoms with Crippen molar-refractivity contribution in [3.05, 3.63) is 70.9 Å². The number of fused-ring (bicyclic) bond motifs is 1. The molecular formula is C24H20F4N4O4. The molecule has 2 aromatic carbocycles. The Kier molecular flexibility index (Phi) is 6.02. The van der Waals surface area contributed by atoms with Crippen LogP contribution in [-0.4, -0.2) is 52.1 Å². The lowest BCUT2D eigenvalue weighted by Gasteiger charge is -2.31. The fourth-order valence-electron chi connectivity index (χ4n) is 4.03. The number of anilines is 1. The summed E-state index contributed by atoms with van der Waals surface area (Å²) in [5.74, 6) is -3.73. The summed E-state index contributed by atoms with van der Waals surface area (Å²) in [5, 5.41) is 6.62. The van der Waals surface area contributed by atoms with Crippen LogP contribution in [0.3, 0.4) is 0 Å². The first-order chi connectivity index (χ1) is 17.2. The Morgan fingerprint density at radius 1 is 1.14 bits per heavy atom. The standard InChI is InChI=1S/C24H20F4N4O4/c1-31-8-5-18(30-31)29-23(33)12-3-4-14-17(9-12)36-21(22(27)28)20(14)35-13-10-15(25)19(16(26)11-13)24(34)32-6-2-7-32/h3-5,8-11,20-22H,2,6-7H2,1H3,(H,29,30,33). The van der Waals surface area contributed by atoms with Crippen molar-refractivity contribution in [1.29, 1.82) is 0 Å².